The number of aromatic amines is 1. The maximum Gasteiger partial charge on any atom is 0.348 e. The third kappa shape index (κ3) is 3.62. The molecule has 0 aliphatic rings. The zero-order valence-corrected chi connectivity index (χ0v) is 15.6. The van der Waals surface area contributed by atoms with Crippen molar-refractivity contribution in [1.29, 1.82) is 0 Å². The van der Waals surface area contributed by atoms with E-state index in [9.17, 15) is 14.4 Å². The monoisotopic (exact) mass is 398 g/mol. The van der Waals surface area contributed by atoms with E-state index in [-0.39, 0.29) is 18.0 Å². The molecular formula is C19H14N2O4S2. The lowest BCUT2D eigenvalue weighted by molar-refractivity contribution is 0.0479. The average molecular weight is 398 g/mol. The molecule has 0 spiro atoms. The lowest BCUT2D eigenvalue weighted by atomic mass is 10.2. The van der Waals surface area contributed by atoms with Gasteiger partial charge in [-0.15, -0.1) is 11.3 Å². The van der Waals surface area contributed by atoms with E-state index in [1.54, 1.807) is 0 Å². The van der Waals surface area contributed by atoms with E-state index in [1.165, 1.54) is 17.4 Å². The molecule has 8 heteroatoms. The minimum atomic E-state index is -0.516. The number of benzene rings is 1. The molecule has 27 heavy (non-hydrogen) atoms. The summed E-state index contributed by atoms with van der Waals surface area (Å²) < 4.78 is 6.41. The number of carbonyl (C=O) groups is 1. The molecule has 0 amide bonds. The van der Waals surface area contributed by atoms with Crippen LogP contribution < -0.4 is 11.2 Å². The second kappa shape index (κ2) is 7.34. The van der Waals surface area contributed by atoms with Crippen LogP contribution in [0.5, 0.6) is 0 Å². The van der Waals surface area contributed by atoms with Crippen molar-refractivity contribution < 1.29 is 9.53 Å². The van der Waals surface area contributed by atoms with Crippen molar-refractivity contribution in [3.8, 4) is 0 Å². The number of esters is 1. The van der Waals surface area contributed by atoms with Crippen molar-refractivity contribution in [3.63, 3.8) is 0 Å². The molecule has 3 heterocycles. The minimum absolute atomic E-state index is 0.165. The van der Waals surface area contributed by atoms with Gasteiger partial charge in [0.05, 0.1) is 11.9 Å². The second-order valence-electron chi connectivity index (χ2n) is 5.87. The molecule has 0 aliphatic heterocycles. The standard InChI is InChI=1S/C19H14N2O4S2/c22-17-14-8-15(18(23)25-10-13-6-7-26-11-13)27-16(14)20-19(24)21(17)9-12-4-2-1-3-5-12/h1-8,11H,9-10H2,(H,20,24). The Balaban J connectivity index is 1.64. The predicted molar refractivity (Wildman–Crippen MR) is 106 cm³/mol. The minimum Gasteiger partial charge on any atom is -0.457 e. The molecule has 6 nitrogen and oxygen atoms in total. The zero-order valence-electron chi connectivity index (χ0n) is 14.0. The highest BCUT2D eigenvalue weighted by molar-refractivity contribution is 7.20. The number of nitrogens with one attached hydrogen (secondary N) is 1. The number of ether oxygens (including phenoxy) is 1. The molecule has 0 atom stereocenters. The van der Waals surface area contributed by atoms with Crippen LogP contribution in [-0.4, -0.2) is 15.5 Å². The van der Waals surface area contributed by atoms with E-state index in [0.29, 0.717) is 10.2 Å². The molecule has 0 unspecified atom stereocenters. The van der Waals surface area contributed by atoms with E-state index < -0.39 is 17.2 Å². The first kappa shape index (κ1) is 17.4. The fourth-order valence-electron chi connectivity index (χ4n) is 2.65. The van der Waals surface area contributed by atoms with Gasteiger partial charge in [0.25, 0.3) is 5.56 Å². The van der Waals surface area contributed by atoms with Crippen LogP contribution in [0.25, 0.3) is 10.2 Å². The van der Waals surface area contributed by atoms with Crippen molar-refractivity contribution >= 4 is 38.9 Å². The Morgan fingerprint density at radius 1 is 1.11 bits per heavy atom. The summed E-state index contributed by atoms with van der Waals surface area (Å²) in [4.78, 5) is 40.7. The van der Waals surface area contributed by atoms with Crippen LogP contribution in [0, 0.1) is 0 Å². The number of rotatable bonds is 5. The van der Waals surface area contributed by atoms with Crippen molar-refractivity contribution in [2.45, 2.75) is 13.2 Å². The van der Waals surface area contributed by atoms with E-state index in [0.717, 1.165) is 27.0 Å². The molecule has 136 valence electrons. The van der Waals surface area contributed by atoms with Crippen LogP contribution >= 0.6 is 22.7 Å². The van der Waals surface area contributed by atoms with Gasteiger partial charge in [-0.05, 0) is 28.5 Å². The summed E-state index contributed by atoms with van der Waals surface area (Å²) in [6.45, 7) is 0.337. The molecule has 0 radical (unpaired) electrons. The first-order valence-electron chi connectivity index (χ1n) is 8.10. The number of aromatic nitrogens is 2. The zero-order chi connectivity index (χ0) is 18.8. The van der Waals surface area contributed by atoms with Crippen LogP contribution in [0.2, 0.25) is 0 Å². The van der Waals surface area contributed by atoms with Crippen molar-refractivity contribution in [2.75, 3.05) is 0 Å². The van der Waals surface area contributed by atoms with Gasteiger partial charge < -0.3 is 4.74 Å². The summed E-state index contributed by atoms with van der Waals surface area (Å²) in [7, 11) is 0. The number of hydrogen-bond donors (Lipinski definition) is 1. The van der Waals surface area contributed by atoms with E-state index in [4.69, 9.17) is 4.74 Å². The second-order valence-corrected chi connectivity index (χ2v) is 7.70. The lowest BCUT2D eigenvalue weighted by Gasteiger charge is -2.04. The molecule has 0 saturated carbocycles. The highest BCUT2D eigenvalue weighted by Crippen LogP contribution is 2.21. The van der Waals surface area contributed by atoms with Gasteiger partial charge in [0.15, 0.2) is 0 Å². The quantitative estimate of drug-likeness (QED) is 0.524. The maximum absolute atomic E-state index is 12.7. The van der Waals surface area contributed by atoms with Gasteiger partial charge in [-0.1, -0.05) is 30.3 Å². The fourth-order valence-corrected chi connectivity index (χ4v) is 4.24. The topological polar surface area (TPSA) is 81.2 Å². The van der Waals surface area contributed by atoms with Crippen molar-refractivity contribution in [3.05, 3.63) is 90.1 Å². The largest absolute Gasteiger partial charge is 0.457 e. The SMILES string of the molecule is O=C(OCc1ccsc1)c1cc2c(=O)n(Cc3ccccc3)c(=O)[nH]c2s1. The summed E-state index contributed by atoms with van der Waals surface area (Å²) in [6.07, 6.45) is 0. The van der Waals surface area contributed by atoms with Gasteiger partial charge >= 0.3 is 11.7 Å². The Labute approximate surface area is 161 Å². The third-order valence-electron chi connectivity index (χ3n) is 4.01. The molecule has 4 rings (SSSR count). The Hall–Kier alpha value is -2.97. The first-order valence-corrected chi connectivity index (χ1v) is 9.86. The highest BCUT2D eigenvalue weighted by Gasteiger charge is 2.17. The van der Waals surface area contributed by atoms with Gasteiger partial charge in [-0.2, -0.15) is 11.3 Å². The van der Waals surface area contributed by atoms with E-state index in [1.807, 2.05) is 47.2 Å². The Morgan fingerprint density at radius 3 is 2.67 bits per heavy atom. The van der Waals surface area contributed by atoms with Crippen LogP contribution in [0.1, 0.15) is 20.8 Å². The Bertz CT molecular complexity index is 1200. The molecule has 0 fully saturated rings. The van der Waals surface area contributed by atoms with Gasteiger partial charge in [0, 0.05) is 5.56 Å². The molecule has 3 aromatic heterocycles. The summed E-state index contributed by atoms with van der Waals surface area (Å²) in [5.41, 5.74) is 0.824. The maximum atomic E-state index is 12.7. The molecule has 0 saturated heterocycles. The number of nitrogens with zero attached hydrogens (tertiary/aromatic N) is 1. The third-order valence-corrected chi connectivity index (χ3v) is 5.77. The van der Waals surface area contributed by atoms with Gasteiger partial charge in [-0.3, -0.25) is 14.3 Å². The summed E-state index contributed by atoms with van der Waals surface area (Å²) in [6, 6.07) is 12.6. The van der Waals surface area contributed by atoms with Crippen LogP contribution in [-0.2, 0) is 17.9 Å². The average Bonchev–Trinajstić information content (AvgIpc) is 3.34. The summed E-state index contributed by atoms with van der Waals surface area (Å²) in [5.74, 6) is -0.516. The lowest BCUT2D eigenvalue weighted by Crippen LogP contribution is -2.34. The summed E-state index contributed by atoms with van der Waals surface area (Å²) >= 11 is 2.57. The van der Waals surface area contributed by atoms with Gasteiger partial charge in [-0.25, -0.2) is 9.59 Å². The molecule has 1 aromatic carbocycles. The fraction of sp³-hybridized carbons (Fsp3) is 0.105. The highest BCUT2D eigenvalue weighted by atomic mass is 32.1. The predicted octanol–water partition coefficient (Wildman–Crippen LogP) is 3.22. The van der Waals surface area contributed by atoms with Crippen LogP contribution in [0.4, 0.5) is 0 Å². The molecule has 1 N–H and O–H groups in total. The molecular weight excluding hydrogens is 384 g/mol. The van der Waals surface area contributed by atoms with Crippen molar-refractivity contribution in [1.82, 2.24) is 9.55 Å². The van der Waals surface area contributed by atoms with Gasteiger partial charge in [0.1, 0.15) is 16.3 Å². The molecule has 0 bridgehead atoms. The number of thiophene rings is 2. The normalized spacial score (nSPS) is 11.0. The number of hydrogen-bond acceptors (Lipinski definition) is 6. The molecule has 0 aliphatic carbocycles. The van der Waals surface area contributed by atoms with Crippen LogP contribution in [0.15, 0.2) is 62.8 Å². The number of carbonyl (C=O) groups excluding carboxylic acids is 1. The Kier molecular flexibility index (Phi) is 4.74. The summed E-state index contributed by atoms with van der Waals surface area (Å²) in [5, 5.41) is 4.11. The number of fused-ring (bicyclic) bond motifs is 1. The number of H-pyrrole nitrogens is 1. The van der Waals surface area contributed by atoms with Crippen LogP contribution in [0.3, 0.4) is 0 Å². The van der Waals surface area contributed by atoms with E-state index >= 15 is 0 Å². The van der Waals surface area contributed by atoms with Crippen molar-refractivity contribution in [2.24, 2.45) is 0 Å². The van der Waals surface area contributed by atoms with Gasteiger partial charge in [0.2, 0.25) is 0 Å². The first-order chi connectivity index (χ1) is 13.1. The Morgan fingerprint density at radius 2 is 1.93 bits per heavy atom. The van der Waals surface area contributed by atoms with E-state index in [2.05, 4.69) is 4.98 Å². The smallest absolute Gasteiger partial charge is 0.348 e. The molecule has 4 aromatic rings.